The molecule has 3 aromatic heterocycles. The fraction of sp³-hybridized carbons (Fsp3) is 0.231. The number of imidazole rings is 1. The molecule has 3 aromatic rings. The van der Waals surface area contributed by atoms with Crippen LogP contribution in [0.3, 0.4) is 0 Å². The summed E-state index contributed by atoms with van der Waals surface area (Å²) in [6.07, 6.45) is 4.09. The molecule has 0 aliphatic carbocycles. The lowest BCUT2D eigenvalue weighted by atomic mass is 10.3. The van der Waals surface area contributed by atoms with Crippen molar-refractivity contribution in [2.45, 2.75) is 20.8 Å². The van der Waals surface area contributed by atoms with Crippen LogP contribution < -0.4 is 0 Å². The van der Waals surface area contributed by atoms with Gasteiger partial charge in [0.05, 0.1) is 15.6 Å². The lowest BCUT2D eigenvalue weighted by molar-refractivity contribution is 1.15. The third kappa shape index (κ3) is 1.87. The SMILES string of the molecule is Cc1nc(C)c(-c2cn3cc(Br)cc(C)c3n2)s1. The summed E-state index contributed by atoms with van der Waals surface area (Å²) in [6, 6.07) is 2.08. The molecule has 3 heterocycles. The zero-order valence-electron chi connectivity index (χ0n) is 10.4. The lowest BCUT2D eigenvalue weighted by Gasteiger charge is -1.97. The van der Waals surface area contributed by atoms with Crippen molar-refractivity contribution in [3.63, 3.8) is 0 Å². The molecule has 3 nitrogen and oxygen atoms in total. The molecule has 0 N–H and O–H groups in total. The molecule has 92 valence electrons. The van der Waals surface area contributed by atoms with Crippen molar-refractivity contribution in [2.75, 3.05) is 0 Å². The van der Waals surface area contributed by atoms with Crippen LogP contribution in [0, 0.1) is 20.8 Å². The zero-order valence-corrected chi connectivity index (χ0v) is 12.8. The van der Waals surface area contributed by atoms with Crippen LogP contribution in [-0.4, -0.2) is 14.4 Å². The third-order valence-corrected chi connectivity index (χ3v) is 4.37. The standard InChI is InChI=1S/C13H12BrN3S/c1-7-4-10(14)5-17-6-11(16-13(7)17)12-8(2)15-9(3)18-12/h4-6H,1-3H3. The fourth-order valence-electron chi connectivity index (χ4n) is 2.10. The minimum Gasteiger partial charge on any atom is -0.305 e. The predicted octanol–water partition coefficient (Wildman–Crippen LogP) is 4.15. The van der Waals surface area contributed by atoms with Gasteiger partial charge in [-0.2, -0.15) is 0 Å². The normalized spacial score (nSPS) is 11.3. The van der Waals surface area contributed by atoms with E-state index in [4.69, 9.17) is 4.98 Å². The van der Waals surface area contributed by atoms with Gasteiger partial charge in [0, 0.05) is 16.9 Å². The lowest BCUT2D eigenvalue weighted by Crippen LogP contribution is -1.86. The molecule has 0 aliphatic heterocycles. The van der Waals surface area contributed by atoms with E-state index in [0.717, 1.165) is 37.0 Å². The average Bonchev–Trinajstić information content (AvgIpc) is 2.81. The fourth-order valence-corrected chi connectivity index (χ4v) is 3.54. The Morgan fingerprint density at radius 2 is 1.94 bits per heavy atom. The van der Waals surface area contributed by atoms with Gasteiger partial charge < -0.3 is 4.40 Å². The van der Waals surface area contributed by atoms with Gasteiger partial charge in [0.1, 0.15) is 11.3 Å². The number of fused-ring (bicyclic) bond motifs is 1. The van der Waals surface area contributed by atoms with E-state index in [1.54, 1.807) is 11.3 Å². The zero-order chi connectivity index (χ0) is 12.9. The van der Waals surface area contributed by atoms with E-state index in [9.17, 15) is 0 Å². The van der Waals surface area contributed by atoms with Crippen molar-refractivity contribution in [1.29, 1.82) is 0 Å². The van der Waals surface area contributed by atoms with E-state index in [2.05, 4.69) is 44.5 Å². The van der Waals surface area contributed by atoms with E-state index in [1.807, 2.05) is 20.0 Å². The van der Waals surface area contributed by atoms with Crippen molar-refractivity contribution >= 4 is 32.9 Å². The predicted molar refractivity (Wildman–Crippen MR) is 78.2 cm³/mol. The Hall–Kier alpha value is -1.20. The van der Waals surface area contributed by atoms with Crippen LogP contribution in [0.1, 0.15) is 16.3 Å². The Morgan fingerprint density at radius 3 is 2.61 bits per heavy atom. The molecule has 0 atom stereocenters. The molecule has 0 saturated carbocycles. The maximum atomic E-state index is 4.71. The van der Waals surface area contributed by atoms with Gasteiger partial charge in [-0.25, -0.2) is 9.97 Å². The highest BCUT2D eigenvalue weighted by molar-refractivity contribution is 9.10. The quantitative estimate of drug-likeness (QED) is 0.674. The monoisotopic (exact) mass is 321 g/mol. The van der Waals surface area contributed by atoms with Crippen LogP contribution in [0.15, 0.2) is 22.9 Å². The minimum absolute atomic E-state index is 0.999. The largest absolute Gasteiger partial charge is 0.305 e. The van der Waals surface area contributed by atoms with Gasteiger partial charge in [0.15, 0.2) is 0 Å². The Morgan fingerprint density at radius 1 is 1.17 bits per heavy atom. The Balaban J connectivity index is 2.25. The summed E-state index contributed by atoms with van der Waals surface area (Å²) in [5.74, 6) is 0. The smallest absolute Gasteiger partial charge is 0.140 e. The maximum absolute atomic E-state index is 4.71. The topological polar surface area (TPSA) is 30.2 Å². The van der Waals surface area contributed by atoms with Crippen LogP contribution in [0.5, 0.6) is 0 Å². The third-order valence-electron chi connectivity index (χ3n) is 2.84. The van der Waals surface area contributed by atoms with Crippen LogP contribution in [0.25, 0.3) is 16.2 Å². The van der Waals surface area contributed by atoms with Crippen molar-refractivity contribution in [3.8, 4) is 10.6 Å². The molecule has 0 amide bonds. The molecular formula is C13H12BrN3S. The summed E-state index contributed by atoms with van der Waals surface area (Å²) in [5.41, 5.74) is 4.21. The van der Waals surface area contributed by atoms with Crippen molar-refractivity contribution < 1.29 is 0 Å². The molecule has 3 rings (SSSR count). The van der Waals surface area contributed by atoms with Crippen LogP contribution in [-0.2, 0) is 0 Å². The molecule has 0 aliphatic rings. The Kier molecular flexibility index (Phi) is 2.75. The molecule has 0 radical (unpaired) electrons. The number of halogens is 1. The highest BCUT2D eigenvalue weighted by Crippen LogP contribution is 2.30. The second kappa shape index (κ2) is 4.17. The summed E-state index contributed by atoms with van der Waals surface area (Å²) in [5, 5.41) is 1.08. The van der Waals surface area contributed by atoms with Gasteiger partial charge >= 0.3 is 0 Å². The number of aryl methyl sites for hydroxylation is 3. The van der Waals surface area contributed by atoms with Crippen molar-refractivity contribution in [2.24, 2.45) is 0 Å². The van der Waals surface area contributed by atoms with E-state index in [-0.39, 0.29) is 0 Å². The summed E-state index contributed by atoms with van der Waals surface area (Å²) in [4.78, 5) is 10.3. The number of hydrogen-bond acceptors (Lipinski definition) is 3. The first kappa shape index (κ1) is 11.9. The number of nitrogens with zero attached hydrogens (tertiary/aromatic N) is 3. The second-order valence-corrected chi connectivity index (χ2v) is 6.46. The van der Waals surface area contributed by atoms with E-state index >= 15 is 0 Å². The molecule has 0 unspecified atom stereocenters. The highest BCUT2D eigenvalue weighted by atomic mass is 79.9. The van der Waals surface area contributed by atoms with Crippen LogP contribution in [0.4, 0.5) is 0 Å². The summed E-state index contributed by atoms with van der Waals surface area (Å²) in [7, 11) is 0. The number of aromatic nitrogens is 3. The first-order valence-corrected chi connectivity index (χ1v) is 7.25. The van der Waals surface area contributed by atoms with E-state index in [0.29, 0.717) is 0 Å². The summed E-state index contributed by atoms with van der Waals surface area (Å²) < 4.78 is 3.12. The van der Waals surface area contributed by atoms with Gasteiger partial charge in [-0.05, 0) is 48.3 Å². The molecule has 0 saturated heterocycles. The van der Waals surface area contributed by atoms with E-state index < -0.39 is 0 Å². The molecule has 5 heteroatoms. The molecular weight excluding hydrogens is 310 g/mol. The van der Waals surface area contributed by atoms with E-state index in [1.165, 1.54) is 0 Å². The number of thiazole rings is 1. The maximum Gasteiger partial charge on any atom is 0.140 e. The van der Waals surface area contributed by atoms with Gasteiger partial charge in [-0.1, -0.05) is 0 Å². The molecule has 0 bridgehead atoms. The first-order valence-electron chi connectivity index (χ1n) is 5.64. The van der Waals surface area contributed by atoms with Crippen molar-refractivity contribution in [3.05, 3.63) is 39.2 Å². The Bertz CT molecular complexity index is 742. The highest BCUT2D eigenvalue weighted by Gasteiger charge is 2.12. The minimum atomic E-state index is 0.999. The Labute approximate surface area is 118 Å². The van der Waals surface area contributed by atoms with Crippen LogP contribution >= 0.6 is 27.3 Å². The van der Waals surface area contributed by atoms with Gasteiger partial charge in [-0.15, -0.1) is 11.3 Å². The number of hydrogen-bond donors (Lipinski definition) is 0. The molecule has 0 fully saturated rings. The number of rotatable bonds is 1. The van der Waals surface area contributed by atoms with Crippen molar-refractivity contribution in [1.82, 2.24) is 14.4 Å². The van der Waals surface area contributed by atoms with Gasteiger partial charge in [-0.3, -0.25) is 0 Å². The first-order chi connectivity index (χ1) is 8.54. The summed E-state index contributed by atoms with van der Waals surface area (Å²) >= 11 is 5.20. The van der Waals surface area contributed by atoms with Crippen LogP contribution in [0.2, 0.25) is 0 Å². The summed E-state index contributed by atoms with van der Waals surface area (Å²) in [6.45, 7) is 6.13. The average molecular weight is 322 g/mol. The molecule has 0 aromatic carbocycles. The second-order valence-electron chi connectivity index (χ2n) is 4.35. The molecule has 18 heavy (non-hydrogen) atoms. The van der Waals surface area contributed by atoms with Gasteiger partial charge in [0.2, 0.25) is 0 Å². The number of pyridine rings is 1. The molecule has 0 spiro atoms. The van der Waals surface area contributed by atoms with Gasteiger partial charge in [0.25, 0.3) is 0 Å².